The molecule has 2 aliphatic rings. The Morgan fingerprint density at radius 3 is 2.35 bits per heavy atom. The molecule has 0 radical (unpaired) electrons. The number of nitrogens with zero attached hydrogens (tertiary/aromatic N) is 2. The minimum absolute atomic E-state index is 0.00482. The number of halogens is 2. The van der Waals surface area contributed by atoms with Crippen molar-refractivity contribution in [1.29, 1.82) is 0 Å². The lowest BCUT2D eigenvalue weighted by Gasteiger charge is -2.34. The van der Waals surface area contributed by atoms with E-state index in [9.17, 15) is 18.0 Å². The highest BCUT2D eigenvalue weighted by Crippen LogP contribution is 2.32. The minimum Gasteiger partial charge on any atom is -0.450 e. The van der Waals surface area contributed by atoms with Gasteiger partial charge in [-0.2, -0.15) is 4.31 Å². The molecule has 2 aliphatic heterocycles. The Balaban J connectivity index is 1.50. The maximum absolute atomic E-state index is 12.9. The second-order valence-corrected chi connectivity index (χ2v) is 10.4. The van der Waals surface area contributed by atoms with Gasteiger partial charge in [0.25, 0.3) is 0 Å². The first-order chi connectivity index (χ1) is 14.7. The van der Waals surface area contributed by atoms with E-state index in [4.69, 9.17) is 27.9 Å². The molecule has 0 unspecified atom stereocenters. The van der Waals surface area contributed by atoms with Crippen molar-refractivity contribution >= 4 is 45.2 Å². The monoisotopic (exact) mass is 491 g/mol. The van der Waals surface area contributed by atoms with Crippen LogP contribution in [0.2, 0.25) is 10.0 Å². The largest absolute Gasteiger partial charge is 0.450 e. The first-order valence-electron chi connectivity index (χ1n) is 10.4. The van der Waals surface area contributed by atoms with Gasteiger partial charge in [0.2, 0.25) is 15.9 Å². The Hall–Kier alpha value is -1.55. The van der Waals surface area contributed by atoms with E-state index in [0.29, 0.717) is 45.4 Å². The average Bonchev–Trinajstić information content (AvgIpc) is 2.76. The number of carbonyl (C=O) groups excluding carboxylic acids is 2. The highest BCUT2D eigenvalue weighted by Gasteiger charge is 2.34. The Bertz CT molecular complexity index is 911. The van der Waals surface area contributed by atoms with E-state index in [2.05, 4.69) is 5.32 Å². The molecular weight excluding hydrogens is 465 g/mol. The molecule has 1 aromatic rings. The molecular formula is C20H27Cl2N3O5S. The SMILES string of the molecule is CCOC(=O)N1CCC(NC(=O)C2CCN(S(=O)(=O)c3cccc(Cl)c3Cl)CC2)CC1. The van der Waals surface area contributed by atoms with Crippen LogP contribution in [0.1, 0.15) is 32.6 Å². The maximum Gasteiger partial charge on any atom is 0.409 e. The van der Waals surface area contributed by atoms with Crippen molar-refractivity contribution in [3.8, 4) is 0 Å². The van der Waals surface area contributed by atoms with Crippen LogP contribution in [-0.4, -0.2) is 68.5 Å². The van der Waals surface area contributed by atoms with Crippen molar-refractivity contribution in [3.63, 3.8) is 0 Å². The molecule has 2 fully saturated rings. The van der Waals surface area contributed by atoms with Crippen LogP contribution in [-0.2, 0) is 19.6 Å². The second-order valence-electron chi connectivity index (χ2n) is 7.70. The summed E-state index contributed by atoms with van der Waals surface area (Å²) in [5.41, 5.74) is 0. The van der Waals surface area contributed by atoms with Gasteiger partial charge in [-0.05, 0) is 44.7 Å². The molecule has 1 N–H and O–H groups in total. The van der Waals surface area contributed by atoms with Gasteiger partial charge in [-0.3, -0.25) is 4.79 Å². The van der Waals surface area contributed by atoms with Gasteiger partial charge < -0.3 is 15.0 Å². The van der Waals surface area contributed by atoms with E-state index < -0.39 is 10.0 Å². The lowest BCUT2D eigenvalue weighted by atomic mass is 9.96. The summed E-state index contributed by atoms with van der Waals surface area (Å²) in [4.78, 5) is 26.1. The minimum atomic E-state index is -3.77. The molecule has 2 amide bonds. The lowest BCUT2D eigenvalue weighted by Crippen LogP contribution is -2.49. The van der Waals surface area contributed by atoms with E-state index in [1.165, 1.54) is 16.4 Å². The van der Waals surface area contributed by atoms with Crippen LogP contribution in [0.25, 0.3) is 0 Å². The van der Waals surface area contributed by atoms with Gasteiger partial charge in [-0.25, -0.2) is 13.2 Å². The predicted octanol–water partition coefficient (Wildman–Crippen LogP) is 3.13. The summed E-state index contributed by atoms with van der Waals surface area (Å²) in [5.74, 6) is -0.309. The normalized spacial score (nSPS) is 19.3. The molecule has 3 rings (SSSR count). The van der Waals surface area contributed by atoms with E-state index in [1.54, 1.807) is 17.9 Å². The maximum atomic E-state index is 12.9. The summed E-state index contributed by atoms with van der Waals surface area (Å²) in [6, 6.07) is 4.53. The summed E-state index contributed by atoms with van der Waals surface area (Å²) >= 11 is 12.1. The van der Waals surface area contributed by atoms with E-state index in [1.807, 2.05) is 0 Å². The molecule has 0 bridgehead atoms. The third kappa shape index (κ3) is 5.63. The molecule has 8 nitrogen and oxygen atoms in total. The third-order valence-electron chi connectivity index (χ3n) is 5.73. The van der Waals surface area contributed by atoms with Crippen molar-refractivity contribution in [2.45, 2.75) is 43.5 Å². The Kier molecular flexibility index (Phi) is 8.07. The van der Waals surface area contributed by atoms with Crippen molar-refractivity contribution in [1.82, 2.24) is 14.5 Å². The van der Waals surface area contributed by atoms with Crippen molar-refractivity contribution in [2.24, 2.45) is 5.92 Å². The Morgan fingerprint density at radius 2 is 1.74 bits per heavy atom. The zero-order chi connectivity index (χ0) is 22.6. The number of piperidine rings is 2. The van der Waals surface area contributed by atoms with Crippen LogP contribution in [0, 0.1) is 5.92 Å². The number of nitrogens with one attached hydrogen (secondary N) is 1. The highest BCUT2D eigenvalue weighted by molar-refractivity contribution is 7.89. The summed E-state index contributed by atoms with van der Waals surface area (Å²) in [6.07, 6.45) is 1.90. The number of hydrogen-bond acceptors (Lipinski definition) is 5. The highest BCUT2D eigenvalue weighted by atomic mass is 35.5. The van der Waals surface area contributed by atoms with Gasteiger partial charge in [0.1, 0.15) is 4.90 Å². The number of likely N-dealkylation sites (tertiary alicyclic amines) is 1. The van der Waals surface area contributed by atoms with Gasteiger partial charge in [0.05, 0.1) is 16.7 Å². The molecule has 31 heavy (non-hydrogen) atoms. The second kappa shape index (κ2) is 10.4. The van der Waals surface area contributed by atoms with Crippen LogP contribution < -0.4 is 5.32 Å². The lowest BCUT2D eigenvalue weighted by molar-refractivity contribution is -0.127. The average molecular weight is 492 g/mol. The molecule has 11 heteroatoms. The molecule has 0 aliphatic carbocycles. The molecule has 172 valence electrons. The van der Waals surface area contributed by atoms with E-state index in [-0.39, 0.29) is 52.0 Å². The van der Waals surface area contributed by atoms with Crippen LogP contribution in [0.15, 0.2) is 23.1 Å². The fourth-order valence-electron chi connectivity index (χ4n) is 3.92. The molecule has 1 aromatic carbocycles. The van der Waals surface area contributed by atoms with Crippen molar-refractivity contribution in [2.75, 3.05) is 32.8 Å². The van der Waals surface area contributed by atoms with Crippen LogP contribution in [0.5, 0.6) is 0 Å². The van der Waals surface area contributed by atoms with Crippen LogP contribution in [0.4, 0.5) is 4.79 Å². The van der Waals surface area contributed by atoms with Crippen LogP contribution in [0.3, 0.4) is 0 Å². The molecule has 0 atom stereocenters. The van der Waals surface area contributed by atoms with Gasteiger partial charge in [-0.1, -0.05) is 29.3 Å². The third-order valence-corrected chi connectivity index (χ3v) is 8.60. The summed E-state index contributed by atoms with van der Waals surface area (Å²) in [7, 11) is -3.77. The smallest absolute Gasteiger partial charge is 0.409 e. The van der Waals surface area contributed by atoms with Gasteiger partial charge in [0.15, 0.2) is 0 Å². The first kappa shape index (κ1) is 24.1. The molecule has 2 saturated heterocycles. The van der Waals surface area contributed by atoms with Crippen molar-refractivity contribution < 1.29 is 22.7 Å². The zero-order valence-electron chi connectivity index (χ0n) is 17.4. The fourth-order valence-corrected chi connectivity index (χ4v) is 6.13. The summed E-state index contributed by atoms with van der Waals surface area (Å²) in [5, 5.41) is 3.26. The fraction of sp³-hybridized carbons (Fsp3) is 0.600. The zero-order valence-corrected chi connectivity index (χ0v) is 19.7. The number of carbonyl (C=O) groups is 2. The quantitative estimate of drug-likeness (QED) is 0.682. The number of hydrogen-bond donors (Lipinski definition) is 1. The summed E-state index contributed by atoms with van der Waals surface area (Å²) < 4.78 is 32.2. The molecule has 0 aromatic heterocycles. The summed E-state index contributed by atoms with van der Waals surface area (Å²) in [6.45, 7) is 3.68. The number of benzene rings is 1. The molecule has 2 heterocycles. The van der Waals surface area contributed by atoms with E-state index >= 15 is 0 Å². The Labute approximate surface area is 192 Å². The topological polar surface area (TPSA) is 96.0 Å². The van der Waals surface area contributed by atoms with Gasteiger partial charge >= 0.3 is 6.09 Å². The van der Waals surface area contributed by atoms with Gasteiger partial charge in [0, 0.05) is 38.1 Å². The predicted molar refractivity (Wildman–Crippen MR) is 118 cm³/mol. The Morgan fingerprint density at radius 1 is 1.10 bits per heavy atom. The standard InChI is InChI=1S/C20H27Cl2N3O5S/c1-2-30-20(27)24-10-8-15(9-11-24)23-19(26)14-6-12-25(13-7-14)31(28,29)17-5-3-4-16(21)18(17)22/h3-5,14-15H,2,6-13H2,1H3,(H,23,26). The molecule has 0 saturated carbocycles. The number of rotatable bonds is 5. The first-order valence-corrected chi connectivity index (χ1v) is 12.6. The molecule has 0 spiro atoms. The van der Waals surface area contributed by atoms with E-state index in [0.717, 1.165) is 0 Å². The van der Waals surface area contributed by atoms with Crippen molar-refractivity contribution in [3.05, 3.63) is 28.2 Å². The number of ether oxygens (including phenoxy) is 1. The number of amides is 2. The van der Waals surface area contributed by atoms with Crippen LogP contribution >= 0.6 is 23.2 Å². The number of sulfonamides is 1. The van der Waals surface area contributed by atoms with Gasteiger partial charge in [-0.15, -0.1) is 0 Å².